The van der Waals surface area contributed by atoms with Gasteiger partial charge in [0.25, 0.3) is 0 Å². The van der Waals surface area contributed by atoms with E-state index in [0.717, 1.165) is 11.1 Å². The van der Waals surface area contributed by atoms with Gasteiger partial charge in [-0.1, -0.05) is 59.7 Å². The van der Waals surface area contributed by atoms with E-state index in [-0.39, 0.29) is 17.3 Å². The summed E-state index contributed by atoms with van der Waals surface area (Å²) in [6, 6.07) is 12.9. The van der Waals surface area contributed by atoms with Crippen molar-refractivity contribution in [3.05, 3.63) is 64.2 Å². The number of carbonyl (C=O) groups is 1. The Morgan fingerprint density at radius 1 is 1.24 bits per heavy atom. The highest BCUT2D eigenvalue weighted by molar-refractivity contribution is 7.80. The molecule has 3 N–H and O–H groups in total. The minimum absolute atomic E-state index is 0.138. The maximum absolute atomic E-state index is 12.1. The number of nitrogens with one attached hydrogen (secondary N) is 1. The first-order valence-electron chi connectivity index (χ1n) is 6.40. The number of hydrogen-bond acceptors (Lipinski definition) is 2. The van der Waals surface area contributed by atoms with Gasteiger partial charge in [-0.2, -0.15) is 0 Å². The summed E-state index contributed by atoms with van der Waals surface area (Å²) in [4.78, 5) is 12.3. The fourth-order valence-electron chi connectivity index (χ4n) is 1.86. The van der Waals surface area contributed by atoms with E-state index in [9.17, 15) is 4.79 Å². The first-order chi connectivity index (χ1) is 9.95. The number of nitrogens with two attached hydrogens (primary N) is 1. The van der Waals surface area contributed by atoms with Crippen LogP contribution in [0.4, 0.5) is 5.69 Å². The van der Waals surface area contributed by atoms with Crippen LogP contribution in [0.3, 0.4) is 0 Å². The number of hydrogen-bond donors (Lipinski definition) is 2. The Balaban J connectivity index is 2.10. The fourth-order valence-corrected chi connectivity index (χ4v) is 2.15. The van der Waals surface area contributed by atoms with Gasteiger partial charge in [0.15, 0.2) is 0 Å². The molecule has 2 rings (SSSR count). The molecule has 0 fully saturated rings. The van der Waals surface area contributed by atoms with Crippen LogP contribution in [0.15, 0.2) is 42.5 Å². The van der Waals surface area contributed by atoms with E-state index < -0.39 is 0 Å². The van der Waals surface area contributed by atoms with Gasteiger partial charge in [-0.3, -0.25) is 4.79 Å². The third-order valence-electron chi connectivity index (χ3n) is 3.01. The molecule has 0 aliphatic heterocycles. The van der Waals surface area contributed by atoms with E-state index in [1.165, 1.54) is 0 Å². The number of aryl methyl sites for hydroxylation is 1. The molecule has 0 unspecified atom stereocenters. The highest BCUT2D eigenvalue weighted by Crippen LogP contribution is 2.23. The number of halogens is 1. The van der Waals surface area contributed by atoms with Crippen molar-refractivity contribution in [3.8, 4) is 0 Å². The molecule has 0 spiro atoms. The van der Waals surface area contributed by atoms with Gasteiger partial charge in [-0.15, -0.1) is 0 Å². The molecule has 0 heterocycles. The Morgan fingerprint density at radius 2 is 1.90 bits per heavy atom. The number of rotatable bonds is 4. The van der Waals surface area contributed by atoms with Gasteiger partial charge >= 0.3 is 0 Å². The molecule has 2 aromatic carbocycles. The van der Waals surface area contributed by atoms with Gasteiger partial charge in [-0.25, -0.2) is 0 Å². The van der Waals surface area contributed by atoms with Crippen molar-refractivity contribution in [1.29, 1.82) is 0 Å². The summed E-state index contributed by atoms with van der Waals surface area (Å²) in [6.07, 6.45) is 0.286. The molecule has 5 heteroatoms. The summed E-state index contributed by atoms with van der Waals surface area (Å²) in [5.41, 5.74) is 8.86. The molecule has 0 radical (unpaired) electrons. The number of benzene rings is 2. The Kier molecular flexibility index (Phi) is 4.94. The summed E-state index contributed by atoms with van der Waals surface area (Å²) < 4.78 is 0. The Labute approximate surface area is 134 Å². The lowest BCUT2D eigenvalue weighted by atomic mass is 10.1. The number of anilines is 1. The second-order valence-corrected chi connectivity index (χ2v) is 5.62. The largest absolute Gasteiger partial charge is 0.389 e. The lowest BCUT2D eigenvalue weighted by Crippen LogP contribution is -2.16. The van der Waals surface area contributed by atoms with Crippen LogP contribution in [0.2, 0.25) is 5.02 Å². The monoisotopic (exact) mass is 318 g/mol. The number of carbonyl (C=O) groups excluding carboxylic acids is 1. The van der Waals surface area contributed by atoms with Gasteiger partial charge in [0.1, 0.15) is 4.99 Å². The molecule has 0 atom stereocenters. The standard InChI is InChI=1S/C16H15ClN2OS/c1-10-2-4-11(5-3-10)8-15(20)19-14-9-12(16(18)21)6-7-13(14)17/h2-7,9H,8H2,1H3,(H2,18,21)(H,19,20). The first-order valence-corrected chi connectivity index (χ1v) is 7.19. The summed E-state index contributed by atoms with van der Waals surface area (Å²) in [5, 5.41) is 3.23. The van der Waals surface area contributed by atoms with Crippen molar-refractivity contribution in [2.24, 2.45) is 5.73 Å². The smallest absolute Gasteiger partial charge is 0.228 e. The molecule has 21 heavy (non-hydrogen) atoms. The lowest BCUT2D eigenvalue weighted by molar-refractivity contribution is -0.115. The molecule has 2 aromatic rings. The molecular weight excluding hydrogens is 304 g/mol. The molecule has 3 nitrogen and oxygen atoms in total. The predicted molar refractivity (Wildman–Crippen MR) is 90.9 cm³/mol. The van der Waals surface area contributed by atoms with Gasteiger partial charge in [0, 0.05) is 5.56 Å². The van der Waals surface area contributed by atoms with Crippen LogP contribution >= 0.6 is 23.8 Å². The zero-order valence-corrected chi connectivity index (χ0v) is 13.1. The van der Waals surface area contributed by atoms with Gasteiger partial charge in [0.2, 0.25) is 5.91 Å². The SMILES string of the molecule is Cc1ccc(CC(=O)Nc2cc(C(N)=S)ccc2Cl)cc1. The second kappa shape index (κ2) is 6.70. The van der Waals surface area contributed by atoms with E-state index in [1.54, 1.807) is 18.2 Å². The molecule has 0 aliphatic rings. The molecule has 1 amide bonds. The number of thiocarbonyl (C=S) groups is 1. The summed E-state index contributed by atoms with van der Waals surface area (Å²) in [7, 11) is 0. The van der Waals surface area contributed by atoms with Crippen LogP contribution in [-0.4, -0.2) is 10.9 Å². The minimum Gasteiger partial charge on any atom is -0.389 e. The predicted octanol–water partition coefficient (Wildman–Crippen LogP) is 3.46. The van der Waals surface area contributed by atoms with Gasteiger partial charge < -0.3 is 11.1 Å². The van der Waals surface area contributed by atoms with E-state index in [1.807, 2.05) is 31.2 Å². The number of amides is 1. The van der Waals surface area contributed by atoms with Crippen LogP contribution < -0.4 is 11.1 Å². The highest BCUT2D eigenvalue weighted by Gasteiger charge is 2.09. The van der Waals surface area contributed by atoms with Gasteiger partial charge in [-0.05, 0) is 24.6 Å². The zero-order chi connectivity index (χ0) is 15.4. The average molecular weight is 319 g/mol. The van der Waals surface area contributed by atoms with Crippen molar-refractivity contribution in [1.82, 2.24) is 0 Å². The van der Waals surface area contributed by atoms with Crippen LogP contribution in [0.1, 0.15) is 16.7 Å². The summed E-state index contributed by atoms with van der Waals surface area (Å²) in [6.45, 7) is 2.00. The highest BCUT2D eigenvalue weighted by atomic mass is 35.5. The topological polar surface area (TPSA) is 55.1 Å². The maximum atomic E-state index is 12.1. The fraction of sp³-hybridized carbons (Fsp3) is 0.125. The normalized spacial score (nSPS) is 10.2. The molecule has 0 aromatic heterocycles. The summed E-state index contributed by atoms with van der Waals surface area (Å²) in [5.74, 6) is -0.138. The molecule has 0 bridgehead atoms. The van der Waals surface area contributed by atoms with Crippen LogP contribution in [-0.2, 0) is 11.2 Å². The first kappa shape index (κ1) is 15.5. The van der Waals surface area contributed by atoms with Crippen molar-refractivity contribution >= 4 is 40.4 Å². The molecule has 0 saturated heterocycles. The molecular formula is C16H15ClN2OS. The van der Waals surface area contributed by atoms with Crippen LogP contribution in [0, 0.1) is 6.92 Å². The Hall–Kier alpha value is -1.91. The minimum atomic E-state index is -0.138. The third kappa shape index (κ3) is 4.28. The van der Waals surface area contributed by atoms with E-state index in [0.29, 0.717) is 16.3 Å². The summed E-state index contributed by atoms with van der Waals surface area (Å²) >= 11 is 11.0. The molecule has 0 saturated carbocycles. The zero-order valence-electron chi connectivity index (χ0n) is 11.5. The molecule has 0 aliphatic carbocycles. The van der Waals surface area contributed by atoms with E-state index >= 15 is 0 Å². The maximum Gasteiger partial charge on any atom is 0.228 e. The average Bonchev–Trinajstić information content (AvgIpc) is 2.43. The Morgan fingerprint density at radius 3 is 2.52 bits per heavy atom. The second-order valence-electron chi connectivity index (χ2n) is 4.77. The van der Waals surface area contributed by atoms with Crippen molar-refractivity contribution in [2.45, 2.75) is 13.3 Å². The van der Waals surface area contributed by atoms with Crippen molar-refractivity contribution in [3.63, 3.8) is 0 Å². The van der Waals surface area contributed by atoms with E-state index in [2.05, 4.69) is 5.32 Å². The Bertz CT molecular complexity index is 683. The molecule has 108 valence electrons. The van der Waals surface area contributed by atoms with E-state index in [4.69, 9.17) is 29.6 Å². The lowest BCUT2D eigenvalue weighted by Gasteiger charge is -2.09. The van der Waals surface area contributed by atoms with Gasteiger partial charge in [0.05, 0.1) is 17.1 Å². The van der Waals surface area contributed by atoms with Crippen LogP contribution in [0.25, 0.3) is 0 Å². The van der Waals surface area contributed by atoms with Crippen molar-refractivity contribution in [2.75, 3.05) is 5.32 Å². The van der Waals surface area contributed by atoms with Crippen LogP contribution in [0.5, 0.6) is 0 Å². The quantitative estimate of drug-likeness (QED) is 0.849. The third-order valence-corrected chi connectivity index (χ3v) is 3.58. The van der Waals surface area contributed by atoms with Crippen molar-refractivity contribution < 1.29 is 4.79 Å².